The third-order valence-corrected chi connectivity index (χ3v) is 4.25. The standard InChI is InChI=1S/C15H12N4O2S/c1-18-13-7-2-3-8-14(13)22-15(18)17-16-10-11-5-4-6-12(9-11)19(20)21/h2-10H,1H3/b16-10-,17-15+. The van der Waals surface area contributed by atoms with E-state index in [0.717, 1.165) is 15.0 Å². The molecule has 0 amide bonds. The van der Waals surface area contributed by atoms with E-state index in [1.807, 2.05) is 35.9 Å². The second-order valence-electron chi connectivity index (χ2n) is 4.61. The SMILES string of the molecule is Cn1/c(=N\N=C/c2cccc([N+](=O)[O-])c2)sc2ccccc21. The lowest BCUT2D eigenvalue weighted by molar-refractivity contribution is -0.384. The van der Waals surface area contributed by atoms with E-state index in [1.165, 1.54) is 18.3 Å². The Morgan fingerprint density at radius 1 is 1.23 bits per heavy atom. The molecule has 0 spiro atoms. The van der Waals surface area contributed by atoms with Crippen molar-refractivity contribution in [1.29, 1.82) is 0 Å². The molecule has 0 fully saturated rings. The van der Waals surface area contributed by atoms with Crippen LogP contribution in [0.4, 0.5) is 5.69 Å². The molecule has 0 radical (unpaired) electrons. The molecule has 2 aromatic carbocycles. The van der Waals surface area contributed by atoms with Gasteiger partial charge in [-0.1, -0.05) is 35.6 Å². The molecule has 7 heteroatoms. The molecule has 0 aliphatic heterocycles. The molecule has 3 aromatic rings. The largest absolute Gasteiger partial charge is 0.318 e. The van der Waals surface area contributed by atoms with Gasteiger partial charge in [0, 0.05) is 24.7 Å². The quantitative estimate of drug-likeness (QED) is 0.423. The number of aryl methyl sites for hydroxylation is 1. The summed E-state index contributed by atoms with van der Waals surface area (Å²) < 4.78 is 3.10. The van der Waals surface area contributed by atoms with Crippen LogP contribution in [0.25, 0.3) is 10.2 Å². The number of nitro benzene ring substituents is 1. The van der Waals surface area contributed by atoms with Gasteiger partial charge in [0.25, 0.3) is 5.69 Å². The fourth-order valence-electron chi connectivity index (χ4n) is 2.04. The second kappa shape index (κ2) is 5.90. The predicted molar refractivity (Wildman–Crippen MR) is 87.0 cm³/mol. The minimum absolute atomic E-state index is 0.0383. The monoisotopic (exact) mass is 312 g/mol. The van der Waals surface area contributed by atoms with Gasteiger partial charge in [-0.25, -0.2) is 0 Å². The average Bonchev–Trinajstić information content (AvgIpc) is 2.85. The van der Waals surface area contributed by atoms with E-state index in [4.69, 9.17) is 0 Å². The number of para-hydroxylation sites is 1. The van der Waals surface area contributed by atoms with E-state index in [0.29, 0.717) is 5.56 Å². The van der Waals surface area contributed by atoms with Gasteiger partial charge in [-0.05, 0) is 12.1 Å². The van der Waals surface area contributed by atoms with Gasteiger partial charge in [-0.15, -0.1) is 5.10 Å². The predicted octanol–water partition coefficient (Wildman–Crippen LogP) is 3.08. The summed E-state index contributed by atoms with van der Waals surface area (Å²) in [7, 11) is 1.93. The van der Waals surface area contributed by atoms with Gasteiger partial charge in [0.15, 0.2) is 0 Å². The van der Waals surface area contributed by atoms with E-state index < -0.39 is 4.92 Å². The minimum Gasteiger partial charge on any atom is -0.318 e. The highest BCUT2D eigenvalue weighted by Gasteiger charge is 2.04. The topological polar surface area (TPSA) is 72.8 Å². The molecule has 0 aliphatic rings. The van der Waals surface area contributed by atoms with Crippen molar-refractivity contribution in [3.63, 3.8) is 0 Å². The van der Waals surface area contributed by atoms with Crippen molar-refractivity contribution in [3.8, 4) is 0 Å². The van der Waals surface area contributed by atoms with Crippen LogP contribution in [-0.4, -0.2) is 15.7 Å². The van der Waals surface area contributed by atoms with Crippen molar-refractivity contribution >= 4 is 33.5 Å². The fourth-order valence-corrected chi connectivity index (χ4v) is 3.02. The number of hydrogen-bond acceptors (Lipinski definition) is 5. The summed E-state index contributed by atoms with van der Waals surface area (Å²) in [6.07, 6.45) is 1.51. The minimum atomic E-state index is -0.430. The van der Waals surface area contributed by atoms with Crippen molar-refractivity contribution in [1.82, 2.24) is 4.57 Å². The number of nitro groups is 1. The Labute approximate surface area is 129 Å². The summed E-state index contributed by atoms with van der Waals surface area (Å²) in [4.78, 5) is 11.1. The molecule has 22 heavy (non-hydrogen) atoms. The van der Waals surface area contributed by atoms with E-state index in [2.05, 4.69) is 10.2 Å². The van der Waals surface area contributed by atoms with Crippen LogP contribution < -0.4 is 4.80 Å². The van der Waals surface area contributed by atoms with Crippen LogP contribution in [0.15, 0.2) is 58.7 Å². The van der Waals surface area contributed by atoms with Crippen LogP contribution in [-0.2, 0) is 7.05 Å². The average molecular weight is 312 g/mol. The Kier molecular flexibility index (Phi) is 3.80. The molecule has 0 N–H and O–H groups in total. The summed E-state index contributed by atoms with van der Waals surface area (Å²) in [5, 5.41) is 19.0. The van der Waals surface area contributed by atoms with Gasteiger partial charge < -0.3 is 4.57 Å². The highest BCUT2D eigenvalue weighted by atomic mass is 32.1. The van der Waals surface area contributed by atoms with E-state index >= 15 is 0 Å². The second-order valence-corrected chi connectivity index (χ2v) is 5.62. The Morgan fingerprint density at radius 2 is 2.05 bits per heavy atom. The lowest BCUT2D eigenvalue weighted by Gasteiger charge is -1.93. The van der Waals surface area contributed by atoms with Crippen molar-refractivity contribution in [2.45, 2.75) is 0 Å². The first kappa shape index (κ1) is 14.2. The van der Waals surface area contributed by atoms with Crippen LogP contribution in [0.1, 0.15) is 5.56 Å². The van der Waals surface area contributed by atoms with Gasteiger partial charge in [0.1, 0.15) is 0 Å². The zero-order valence-corrected chi connectivity index (χ0v) is 12.5. The smallest absolute Gasteiger partial charge is 0.270 e. The molecule has 1 heterocycles. The first-order chi connectivity index (χ1) is 10.6. The number of nitrogens with zero attached hydrogens (tertiary/aromatic N) is 4. The Bertz CT molecular complexity index is 940. The van der Waals surface area contributed by atoms with Crippen molar-refractivity contribution in [3.05, 3.63) is 69.0 Å². The molecule has 110 valence electrons. The maximum absolute atomic E-state index is 10.7. The molecular formula is C15H12N4O2S. The van der Waals surface area contributed by atoms with E-state index in [-0.39, 0.29) is 5.69 Å². The van der Waals surface area contributed by atoms with Gasteiger partial charge in [0.05, 0.1) is 21.4 Å². The zero-order valence-electron chi connectivity index (χ0n) is 11.7. The van der Waals surface area contributed by atoms with Crippen LogP contribution in [0.5, 0.6) is 0 Å². The highest BCUT2D eigenvalue weighted by Crippen LogP contribution is 2.15. The molecule has 0 unspecified atom stereocenters. The third kappa shape index (κ3) is 2.79. The summed E-state index contributed by atoms with van der Waals surface area (Å²) in [5.41, 5.74) is 1.77. The van der Waals surface area contributed by atoms with Crippen molar-refractivity contribution in [2.24, 2.45) is 17.3 Å². The molecular weight excluding hydrogens is 300 g/mol. The van der Waals surface area contributed by atoms with Crippen LogP contribution in [0, 0.1) is 10.1 Å². The lowest BCUT2D eigenvalue weighted by atomic mass is 10.2. The third-order valence-electron chi connectivity index (χ3n) is 3.15. The zero-order chi connectivity index (χ0) is 15.5. The Hall–Kier alpha value is -2.80. The van der Waals surface area contributed by atoms with Crippen LogP contribution in [0.3, 0.4) is 0 Å². The Morgan fingerprint density at radius 3 is 2.82 bits per heavy atom. The molecule has 1 aromatic heterocycles. The van der Waals surface area contributed by atoms with Crippen LogP contribution in [0.2, 0.25) is 0 Å². The number of aromatic nitrogens is 1. The molecule has 6 nitrogen and oxygen atoms in total. The number of fused-ring (bicyclic) bond motifs is 1. The van der Waals surface area contributed by atoms with Gasteiger partial charge in [0.2, 0.25) is 4.80 Å². The number of rotatable bonds is 3. The molecule has 0 bridgehead atoms. The summed E-state index contributed by atoms with van der Waals surface area (Å²) in [6, 6.07) is 14.3. The number of hydrogen-bond donors (Lipinski definition) is 0. The molecule has 0 atom stereocenters. The molecule has 0 saturated heterocycles. The van der Waals surface area contributed by atoms with Crippen molar-refractivity contribution < 1.29 is 4.92 Å². The van der Waals surface area contributed by atoms with Crippen LogP contribution >= 0.6 is 11.3 Å². The van der Waals surface area contributed by atoms with Gasteiger partial charge in [-0.3, -0.25) is 10.1 Å². The van der Waals surface area contributed by atoms with Gasteiger partial charge in [-0.2, -0.15) is 5.10 Å². The molecule has 0 saturated carbocycles. The normalized spacial score (nSPS) is 12.3. The number of thiazole rings is 1. The summed E-state index contributed by atoms with van der Waals surface area (Å²) >= 11 is 1.54. The van der Waals surface area contributed by atoms with Crippen molar-refractivity contribution in [2.75, 3.05) is 0 Å². The van der Waals surface area contributed by atoms with Gasteiger partial charge >= 0.3 is 0 Å². The first-order valence-electron chi connectivity index (χ1n) is 6.51. The Balaban J connectivity index is 1.93. The fraction of sp³-hybridized carbons (Fsp3) is 0.0667. The first-order valence-corrected chi connectivity index (χ1v) is 7.33. The van der Waals surface area contributed by atoms with E-state index in [9.17, 15) is 10.1 Å². The number of benzene rings is 2. The van der Waals surface area contributed by atoms with E-state index in [1.54, 1.807) is 23.5 Å². The number of non-ortho nitro benzene ring substituents is 1. The summed E-state index contributed by atoms with van der Waals surface area (Å²) in [5.74, 6) is 0. The summed E-state index contributed by atoms with van der Waals surface area (Å²) in [6.45, 7) is 0. The molecule has 3 rings (SSSR count). The lowest BCUT2D eigenvalue weighted by Crippen LogP contribution is -2.08. The highest BCUT2D eigenvalue weighted by molar-refractivity contribution is 7.16. The molecule has 0 aliphatic carbocycles. The maximum atomic E-state index is 10.7. The maximum Gasteiger partial charge on any atom is 0.270 e.